The highest BCUT2D eigenvalue weighted by Crippen LogP contribution is 2.34. The number of hydrogen-bond donors (Lipinski definition) is 0. The number of methoxy groups -OCH3 is 2. The summed E-state index contributed by atoms with van der Waals surface area (Å²) in [5, 5.41) is 0. The molecule has 1 aliphatic rings. The highest BCUT2D eigenvalue weighted by Gasteiger charge is 2.34. The fraction of sp³-hybridized carbons (Fsp3) is 0.265. The minimum atomic E-state index is -0.715. The normalized spacial score (nSPS) is 14.6. The van der Waals surface area contributed by atoms with Gasteiger partial charge in [-0.1, -0.05) is 70.9 Å². The summed E-state index contributed by atoms with van der Waals surface area (Å²) in [5.74, 6) is 1.28. The van der Waals surface area contributed by atoms with Crippen molar-refractivity contribution in [3.8, 4) is 17.2 Å². The van der Waals surface area contributed by atoms with Gasteiger partial charge in [-0.25, -0.2) is 9.79 Å². The van der Waals surface area contributed by atoms with Crippen LogP contribution < -0.4 is 29.1 Å². The average molecular weight is 678 g/mol. The van der Waals surface area contributed by atoms with E-state index < -0.39 is 12.0 Å². The minimum absolute atomic E-state index is 0.210. The Morgan fingerprint density at radius 1 is 1.02 bits per heavy atom. The molecule has 44 heavy (non-hydrogen) atoms. The van der Waals surface area contributed by atoms with E-state index in [0.29, 0.717) is 50.9 Å². The van der Waals surface area contributed by atoms with E-state index in [4.69, 9.17) is 23.9 Å². The molecule has 0 unspecified atom stereocenters. The molecule has 8 nitrogen and oxygen atoms in total. The molecule has 0 saturated carbocycles. The van der Waals surface area contributed by atoms with Crippen molar-refractivity contribution in [3.05, 3.63) is 119 Å². The van der Waals surface area contributed by atoms with Gasteiger partial charge >= 0.3 is 5.97 Å². The maximum atomic E-state index is 14.1. The van der Waals surface area contributed by atoms with Gasteiger partial charge < -0.3 is 18.9 Å². The number of nitrogens with zero attached hydrogens (tertiary/aromatic N) is 2. The third kappa shape index (κ3) is 6.66. The minimum Gasteiger partial charge on any atom is -0.497 e. The molecule has 3 aromatic carbocycles. The van der Waals surface area contributed by atoms with Crippen molar-refractivity contribution in [2.45, 2.75) is 39.3 Å². The van der Waals surface area contributed by atoms with E-state index in [1.54, 1.807) is 31.8 Å². The van der Waals surface area contributed by atoms with Gasteiger partial charge in [-0.15, -0.1) is 0 Å². The molecule has 0 N–H and O–H groups in total. The Kier molecular flexibility index (Phi) is 10.0. The molecule has 1 aromatic heterocycles. The molecule has 1 atom stereocenters. The Morgan fingerprint density at radius 3 is 2.52 bits per heavy atom. The first kappa shape index (κ1) is 31.3. The van der Waals surface area contributed by atoms with E-state index in [-0.39, 0.29) is 12.2 Å². The highest BCUT2D eigenvalue weighted by atomic mass is 79.9. The van der Waals surface area contributed by atoms with Gasteiger partial charge in [0.25, 0.3) is 5.56 Å². The van der Waals surface area contributed by atoms with Crippen LogP contribution in [0.1, 0.15) is 49.4 Å². The largest absolute Gasteiger partial charge is 0.497 e. The fourth-order valence-corrected chi connectivity index (χ4v) is 6.32. The van der Waals surface area contributed by atoms with E-state index in [1.807, 2.05) is 73.7 Å². The molecular formula is C34H33BrN2O6S. The lowest BCUT2D eigenvalue weighted by molar-refractivity contribution is -0.139. The van der Waals surface area contributed by atoms with Crippen molar-refractivity contribution in [2.75, 3.05) is 20.8 Å². The summed E-state index contributed by atoms with van der Waals surface area (Å²) in [6.07, 6.45) is 3.15. The molecule has 0 amide bonds. The number of thiazole rings is 1. The summed E-state index contributed by atoms with van der Waals surface area (Å²) in [5.41, 5.74) is 3.26. The van der Waals surface area contributed by atoms with Crippen molar-refractivity contribution in [1.29, 1.82) is 0 Å². The van der Waals surface area contributed by atoms with Crippen LogP contribution in [0.3, 0.4) is 0 Å². The second-order valence-electron chi connectivity index (χ2n) is 10.0. The van der Waals surface area contributed by atoms with Crippen LogP contribution in [0.5, 0.6) is 17.2 Å². The maximum Gasteiger partial charge on any atom is 0.338 e. The van der Waals surface area contributed by atoms with Gasteiger partial charge in [0.05, 0.1) is 42.7 Å². The second kappa shape index (κ2) is 14.1. The molecule has 0 fully saturated rings. The number of esters is 1. The van der Waals surface area contributed by atoms with Crippen molar-refractivity contribution >= 4 is 39.3 Å². The molecule has 2 heterocycles. The standard InChI is InChI=1S/C34H33BrN2O6S/c1-5-8-26-30(33(39)42-6-2)31(23-9-7-10-25(19-23)40-3)37-32(38)29(44-34(37)36-26)18-22-13-16-27(28(17-22)41-4)43-20-21-11-14-24(35)15-12-21/h7,9-19,31H,5-6,8,20H2,1-4H3/b29-18-/t31-/m0/s1. The van der Waals surface area contributed by atoms with E-state index >= 15 is 0 Å². The van der Waals surface area contributed by atoms with Crippen LogP contribution in [-0.2, 0) is 16.1 Å². The first-order chi connectivity index (χ1) is 21.4. The average Bonchev–Trinajstić information content (AvgIpc) is 3.34. The topological polar surface area (TPSA) is 88.4 Å². The SMILES string of the molecule is CCCC1=C(C(=O)OCC)[C@H](c2cccc(OC)c2)n2c(s/c(=C\c3ccc(OCc4ccc(Br)cc4)c(OC)c3)c2=O)=N1. The number of benzene rings is 3. The number of rotatable bonds is 11. The van der Waals surface area contributed by atoms with E-state index in [0.717, 1.165) is 27.6 Å². The number of allylic oxidation sites excluding steroid dienone is 1. The van der Waals surface area contributed by atoms with Gasteiger partial charge in [0.15, 0.2) is 16.3 Å². The maximum absolute atomic E-state index is 14.1. The van der Waals surface area contributed by atoms with Crippen LogP contribution in [0, 0.1) is 0 Å². The zero-order valence-electron chi connectivity index (χ0n) is 25.0. The molecular weight excluding hydrogens is 644 g/mol. The van der Waals surface area contributed by atoms with Crippen molar-refractivity contribution in [1.82, 2.24) is 4.57 Å². The molecule has 10 heteroatoms. The third-order valence-corrected chi connectivity index (χ3v) is 8.61. The zero-order chi connectivity index (χ0) is 31.2. The van der Waals surface area contributed by atoms with E-state index in [2.05, 4.69) is 15.9 Å². The number of fused-ring (bicyclic) bond motifs is 1. The molecule has 0 saturated heterocycles. The lowest BCUT2D eigenvalue weighted by Gasteiger charge is -2.26. The number of aromatic nitrogens is 1. The Hall–Kier alpha value is -4.15. The Morgan fingerprint density at radius 2 is 1.82 bits per heavy atom. The van der Waals surface area contributed by atoms with Crippen molar-refractivity contribution in [3.63, 3.8) is 0 Å². The smallest absolute Gasteiger partial charge is 0.338 e. The summed E-state index contributed by atoms with van der Waals surface area (Å²) in [6.45, 7) is 4.39. The van der Waals surface area contributed by atoms with E-state index in [1.165, 1.54) is 11.3 Å². The number of ether oxygens (including phenoxy) is 4. The number of halogens is 1. The van der Waals surface area contributed by atoms with Crippen LogP contribution in [-0.4, -0.2) is 31.4 Å². The molecule has 0 bridgehead atoms. The number of hydrogen-bond acceptors (Lipinski definition) is 8. The Bertz CT molecular complexity index is 1880. The molecule has 0 radical (unpaired) electrons. The quantitative estimate of drug-likeness (QED) is 0.183. The summed E-state index contributed by atoms with van der Waals surface area (Å²) >= 11 is 4.73. The van der Waals surface area contributed by atoms with Gasteiger partial charge in [-0.05, 0) is 72.5 Å². The lowest BCUT2D eigenvalue weighted by atomic mass is 9.94. The van der Waals surface area contributed by atoms with E-state index in [9.17, 15) is 9.59 Å². The first-order valence-electron chi connectivity index (χ1n) is 14.3. The third-order valence-electron chi connectivity index (χ3n) is 7.09. The van der Waals surface area contributed by atoms with Crippen LogP contribution >= 0.6 is 27.3 Å². The molecule has 5 rings (SSSR count). The number of carbonyl (C=O) groups is 1. The van der Waals surface area contributed by atoms with Crippen LogP contribution in [0.15, 0.2) is 92.3 Å². The lowest BCUT2D eigenvalue weighted by Crippen LogP contribution is -2.40. The van der Waals surface area contributed by atoms with Crippen LogP contribution in [0.25, 0.3) is 6.08 Å². The van der Waals surface area contributed by atoms with Gasteiger partial charge in [-0.2, -0.15) is 0 Å². The van der Waals surface area contributed by atoms with Crippen molar-refractivity contribution < 1.29 is 23.7 Å². The highest BCUT2D eigenvalue weighted by molar-refractivity contribution is 9.10. The van der Waals surface area contributed by atoms with Gasteiger partial charge in [0.1, 0.15) is 12.4 Å². The van der Waals surface area contributed by atoms with Crippen LogP contribution in [0.4, 0.5) is 0 Å². The van der Waals surface area contributed by atoms with Gasteiger partial charge in [0.2, 0.25) is 0 Å². The van der Waals surface area contributed by atoms with Gasteiger partial charge in [0, 0.05) is 4.47 Å². The molecule has 0 spiro atoms. The Labute approximate surface area is 268 Å². The predicted molar refractivity (Wildman–Crippen MR) is 174 cm³/mol. The number of carbonyl (C=O) groups excluding carboxylic acids is 1. The predicted octanol–water partition coefficient (Wildman–Crippen LogP) is 5.94. The summed E-state index contributed by atoms with van der Waals surface area (Å²) in [6, 6.07) is 20.1. The summed E-state index contributed by atoms with van der Waals surface area (Å²) < 4.78 is 25.7. The molecule has 1 aliphatic heterocycles. The molecule has 228 valence electrons. The molecule has 4 aromatic rings. The first-order valence-corrected chi connectivity index (χ1v) is 15.9. The Balaban J connectivity index is 1.58. The monoisotopic (exact) mass is 676 g/mol. The van der Waals surface area contributed by atoms with Crippen molar-refractivity contribution in [2.24, 2.45) is 4.99 Å². The summed E-state index contributed by atoms with van der Waals surface area (Å²) in [7, 11) is 3.17. The van der Waals surface area contributed by atoms with Gasteiger partial charge in [-0.3, -0.25) is 9.36 Å². The summed E-state index contributed by atoms with van der Waals surface area (Å²) in [4.78, 5) is 32.8. The molecule has 0 aliphatic carbocycles. The second-order valence-corrected chi connectivity index (χ2v) is 11.9. The zero-order valence-corrected chi connectivity index (χ0v) is 27.4. The van der Waals surface area contributed by atoms with Crippen LogP contribution in [0.2, 0.25) is 0 Å². The fourth-order valence-electron chi connectivity index (χ4n) is 5.03.